The number of carbonyl (C=O) groups excluding carboxylic acids is 3. The predicted molar refractivity (Wildman–Crippen MR) is 147 cm³/mol. The second-order valence-electron chi connectivity index (χ2n) is 8.41. The summed E-state index contributed by atoms with van der Waals surface area (Å²) in [5.41, 5.74) is 1.66. The van der Waals surface area contributed by atoms with Gasteiger partial charge in [0.1, 0.15) is 9.21 Å². The van der Waals surface area contributed by atoms with Gasteiger partial charge < -0.3 is 14.8 Å². The number of hydrogen-bond acceptors (Lipinski definition) is 9. The highest BCUT2D eigenvalue weighted by Gasteiger charge is 2.29. The molecule has 38 heavy (non-hydrogen) atoms. The molecule has 0 saturated heterocycles. The van der Waals surface area contributed by atoms with Crippen LogP contribution >= 0.6 is 34.3 Å². The van der Waals surface area contributed by atoms with Gasteiger partial charge >= 0.3 is 11.9 Å². The van der Waals surface area contributed by atoms with E-state index in [2.05, 4.69) is 10.0 Å². The quantitative estimate of drug-likeness (QED) is 0.312. The summed E-state index contributed by atoms with van der Waals surface area (Å²) in [5.74, 6) is -1.82. The zero-order valence-corrected chi connectivity index (χ0v) is 23.7. The molecule has 9 nitrogen and oxygen atoms in total. The maximum atomic E-state index is 12.9. The third kappa shape index (κ3) is 6.37. The van der Waals surface area contributed by atoms with E-state index < -0.39 is 34.0 Å². The summed E-state index contributed by atoms with van der Waals surface area (Å²) >= 11 is 8.09. The van der Waals surface area contributed by atoms with Gasteiger partial charge in [-0.25, -0.2) is 18.0 Å². The van der Waals surface area contributed by atoms with Crippen molar-refractivity contribution in [1.82, 2.24) is 0 Å². The standard InChI is InChI=1S/C25H25ClN2O7S3/c1-3-34-25(31)21-17-6-4-5-7-18(17)36-23(21)27-22(29)14(2)35-24(30)15-8-10-16(11-9-15)28-38(32,33)20-13-12-19(26)37-20/h8-14,28H,3-7H2,1-2H3,(H,27,29)/t14-/m1/s1. The Morgan fingerprint density at radius 2 is 1.74 bits per heavy atom. The third-order valence-corrected chi connectivity index (χ3v) is 10.0. The molecule has 202 valence electrons. The van der Waals surface area contributed by atoms with Gasteiger partial charge in [-0.1, -0.05) is 11.6 Å². The van der Waals surface area contributed by atoms with Crippen LogP contribution in [0.2, 0.25) is 4.34 Å². The number of carbonyl (C=O) groups is 3. The van der Waals surface area contributed by atoms with Crippen LogP contribution in [-0.4, -0.2) is 39.0 Å². The number of fused-ring (bicyclic) bond motifs is 1. The van der Waals surface area contributed by atoms with Gasteiger partial charge in [0.05, 0.1) is 22.1 Å². The first-order valence-electron chi connectivity index (χ1n) is 11.8. The van der Waals surface area contributed by atoms with Gasteiger partial charge in [-0.15, -0.1) is 22.7 Å². The molecule has 1 aliphatic rings. The molecule has 2 aromatic heterocycles. The number of esters is 2. The molecular weight excluding hydrogens is 572 g/mol. The van der Waals surface area contributed by atoms with Crippen molar-refractivity contribution in [1.29, 1.82) is 0 Å². The van der Waals surface area contributed by atoms with E-state index in [0.29, 0.717) is 14.9 Å². The van der Waals surface area contributed by atoms with Gasteiger partial charge in [-0.2, -0.15) is 0 Å². The number of sulfonamides is 1. The summed E-state index contributed by atoms with van der Waals surface area (Å²) in [7, 11) is -3.82. The maximum Gasteiger partial charge on any atom is 0.341 e. The fourth-order valence-corrected chi connectivity index (χ4v) is 7.71. The van der Waals surface area contributed by atoms with Crippen LogP contribution in [0, 0.1) is 0 Å². The second-order valence-corrected chi connectivity index (χ2v) is 13.1. The van der Waals surface area contributed by atoms with Crippen molar-refractivity contribution in [2.75, 3.05) is 16.6 Å². The summed E-state index contributed by atoms with van der Waals surface area (Å²) < 4.78 is 38.2. The van der Waals surface area contributed by atoms with Crippen LogP contribution < -0.4 is 10.0 Å². The Kier molecular flexibility index (Phi) is 8.76. The monoisotopic (exact) mass is 596 g/mol. The number of benzene rings is 1. The zero-order chi connectivity index (χ0) is 27.4. The first kappa shape index (κ1) is 28.1. The van der Waals surface area contributed by atoms with E-state index in [1.807, 2.05) is 0 Å². The topological polar surface area (TPSA) is 128 Å². The molecule has 0 unspecified atom stereocenters. The van der Waals surface area contributed by atoms with Crippen molar-refractivity contribution in [2.45, 2.75) is 49.8 Å². The lowest BCUT2D eigenvalue weighted by Crippen LogP contribution is -2.30. The highest BCUT2D eigenvalue weighted by Crippen LogP contribution is 2.38. The van der Waals surface area contributed by atoms with Crippen LogP contribution in [-0.2, 0) is 37.1 Å². The van der Waals surface area contributed by atoms with Gasteiger partial charge in [0, 0.05) is 10.6 Å². The molecule has 3 aromatic rings. The summed E-state index contributed by atoms with van der Waals surface area (Å²) in [4.78, 5) is 39.1. The Morgan fingerprint density at radius 3 is 2.39 bits per heavy atom. The largest absolute Gasteiger partial charge is 0.462 e. The van der Waals surface area contributed by atoms with Gasteiger partial charge in [0.25, 0.3) is 15.9 Å². The number of ether oxygens (including phenoxy) is 2. The molecule has 0 fully saturated rings. The Hall–Kier alpha value is -2.93. The average molecular weight is 597 g/mol. The molecule has 0 radical (unpaired) electrons. The predicted octanol–water partition coefficient (Wildman–Crippen LogP) is 5.50. The van der Waals surface area contributed by atoms with Crippen LogP contribution in [0.4, 0.5) is 10.7 Å². The second kappa shape index (κ2) is 11.9. The smallest absolute Gasteiger partial charge is 0.341 e. The lowest BCUT2D eigenvalue weighted by atomic mass is 9.95. The van der Waals surface area contributed by atoms with Gasteiger partial charge in [0.2, 0.25) is 0 Å². The maximum absolute atomic E-state index is 12.9. The van der Waals surface area contributed by atoms with Crippen LogP contribution in [0.25, 0.3) is 0 Å². The summed E-state index contributed by atoms with van der Waals surface area (Å²) in [6.07, 6.45) is 2.40. The normalized spacial score (nSPS) is 13.8. The SMILES string of the molecule is CCOC(=O)c1c(NC(=O)[C@@H](C)OC(=O)c2ccc(NS(=O)(=O)c3ccc(Cl)s3)cc2)sc2c1CCCC2. The van der Waals surface area contributed by atoms with Crippen molar-refractivity contribution < 1.29 is 32.3 Å². The number of rotatable bonds is 9. The van der Waals surface area contributed by atoms with E-state index in [-0.39, 0.29) is 22.1 Å². The third-order valence-electron chi connectivity index (χ3n) is 5.73. The zero-order valence-electron chi connectivity index (χ0n) is 20.5. The Morgan fingerprint density at radius 1 is 1.03 bits per heavy atom. The Labute approximate surface area is 233 Å². The lowest BCUT2D eigenvalue weighted by molar-refractivity contribution is -0.123. The summed E-state index contributed by atoms with van der Waals surface area (Å²) in [6.45, 7) is 3.37. The number of hydrogen-bond donors (Lipinski definition) is 2. The number of nitrogens with one attached hydrogen (secondary N) is 2. The van der Waals surface area contributed by atoms with E-state index in [0.717, 1.165) is 47.5 Å². The molecule has 0 aliphatic heterocycles. The van der Waals surface area contributed by atoms with Crippen molar-refractivity contribution in [3.8, 4) is 0 Å². The minimum atomic E-state index is -3.82. The van der Waals surface area contributed by atoms with Crippen LogP contribution in [0.3, 0.4) is 0 Å². The van der Waals surface area contributed by atoms with E-state index in [1.54, 1.807) is 6.92 Å². The van der Waals surface area contributed by atoms with Gasteiger partial charge in [0.15, 0.2) is 6.10 Å². The number of amides is 1. The van der Waals surface area contributed by atoms with E-state index in [4.69, 9.17) is 21.1 Å². The summed E-state index contributed by atoms with van der Waals surface area (Å²) in [5, 5.41) is 3.13. The number of halogens is 1. The highest BCUT2D eigenvalue weighted by atomic mass is 35.5. The van der Waals surface area contributed by atoms with E-state index in [9.17, 15) is 22.8 Å². The minimum Gasteiger partial charge on any atom is -0.462 e. The average Bonchev–Trinajstić information content (AvgIpc) is 3.48. The van der Waals surface area contributed by atoms with Crippen LogP contribution in [0.15, 0.2) is 40.6 Å². The summed E-state index contributed by atoms with van der Waals surface area (Å²) in [6, 6.07) is 8.48. The lowest BCUT2D eigenvalue weighted by Gasteiger charge is -2.14. The number of thiophene rings is 2. The minimum absolute atomic E-state index is 0.0588. The molecule has 0 bridgehead atoms. The Bertz CT molecular complexity index is 1460. The molecule has 2 heterocycles. The first-order chi connectivity index (χ1) is 18.1. The van der Waals surface area contributed by atoms with E-state index >= 15 is 0 Å². The number of aryl methyl sites for hydroxylation is 1. The number of anilines is 2. The van der Waals surface area contributed by atoms with Crippen molar-refractivity contribution in [2.24, 2.45) is 0 Å². The van der Waals surface area contributed by atoms with Gasteiger partial charge in [-0.3, -0.25) is 9.52 Å². The molecule has 1 atom stereocenters. The van der Waals surface area contributed by atoms with Crippen LogP contribution in [0.1, 0.15) is 57.8 Å². The molecular formula is C25H25ClN2O7S3. The van der Waals surface area contributed by atoms with Gasteiger partial charge in [-0.05, 0) is 81.5 Å². The van der Waals surface area contributed by atoms with Crippen molar-refractivity contribution >= 4 is 72.8 Å². The van der Waals surface area contributed by atoms with Crippen LogP contribution in [0.5, 0.6) is 0 Å². The Balaban J connectivity index is 1.40. The molecule has 2 N–H and O–H groups in total. The molecule has 1 amide bonds. The molecule has 1 aliphatic carbocycles. The molecule has 13 heteroatoms. The van der Waals surface area contributed by atoms with Crippen molar-refractivity contribution in [3.63, 3.8) is 0 Å². The van der Waals surface area contributed by atoms with E-state index in [1.165, 1.54) is 54.7 Å². The highest BCUT2D eigenvalue weighted by molar-refractivity contribution is 7.94. The molecule has 0 saturated carbocycles. The molecule has 4 rings (SSSR count). The fourth-order valence-electron chi connectivity index (χ4n) is 3.89. The molecule has 1 aromatic carbocycles. The fraction of sp³-hybridized carbons (Fsp3) is 0.320. The first-order valence-corrected chi connectivity index (χ1v) is 15.3. The van der Waals surface area contributed by atoms with Crippen molar-refractivity contribution in [3.05, 3.63) is 62.3 Å². The molecule has 0 spiro atoms.